The van der Waals surface area contributed by atoms with Crippen LogP contribution in [0.5, 0.6) is 0 Å². The van der Waals surface area contributed by atoms with Crippen LogP contribution in [0.2, 0.25) is 0 Å². The summed E-state index contributed by atoms with van der Waals surface area (Å²) in [7, 11) is 0. The Bertz CT molecular complexity index is 549. The van der Waals surface area contributed by atoms with Gasteiger partial charge in [0.25, 0.3) is 0 Å². The molecule has 0 spiro atoms. The molecule has 0 amide bonds. The van der Waals surface area contributed by atoms with Crippen molar-refractivity contribution in [3.8, 4) is 0 Å². The molecule has 0 aliphatic carbocycles. The molecule has 18 heavy (non-hydrogen) atoms. The maximum atomic E-state index is 10.5. The summed E-state index contributed by atoms with van der Waals surface area (Å²) in [5.74, 6) is 0. The van der Waals surface area contributed by atoms with E-state index in [9.17, 15) is 5.11 Å². The number of aliphatic hydroxyl groups is 1. The van der Waals surface area contributed by atoms with Gasteiger partial charge in [0.1, 0.15) is 6.10 Å². The molecular weight excluding hydrogens is 226 g/mol. The summed E-state index contributed by atoms with van der Waals surface area (Å²) in [5, 5.41) is 18.0. The molecular formula is C14H17N3O. The van der Waals surface area contributed by atoms with Crippen molar-refractivity contribution in [1.82, 2.24) is 15.1 Å². The topological polar surface area (TPSA) is 50.1 Å². The zero-order valence-corrected chi connectivity index (χ0v) is 10.4. The van der Waals surface area contributed by atoms with E-state index in [0.717, 1.165) is 18.7 Å². The minimum atomic E-state index is -0.547. The summed E-state index contributed by atoms with van der Waals surface area (Å²) in [5.41, 5.74) is 3.32. The van der Waals surface area contributed by atoms with Crippen LogP contribution >= 0.6 is 0 Å². The average molecular weight is 243 g/mol. The summed E-state index contributed by atoms with van der Waals surface area (Å²) in [4.78, 5) is 0. The minimum absolute atomic E-state index is 0.0318. The van der Waals surface area contributed by atoms with Gasteiger partial charge in [0.05, 0.1) is 12.2 Å². The van der Waals surface area contributed by atoms with Gasteiger partial charge in [0, 0.05) is 24.8 Å². The molecule has 2 aromatic rings. The van der Waals surface area contributed by atoms with Crippen molar-refractivity contribution in [3.63, 3.8) is 0 Å². The fourth-order valence-electron chi connectivity index (χ4n) is 2.51. The summed E-state index contributed by atoms with van der Waals surface area (Å²) in [6, 6.07) is 8.19. The van der Waals surface area contributed by atoms with Crippen molar-refractivity contribution in [1.29, 1.82) is 0 Å². The molecule has 2 N–H and O–H groups in total. The first-order valence-electron chi connectivity index (χ1n) is 6.31. The Kier molecular flexibility index (Phi) is 2.89. The van der Waals surface area contributed by atoms with E-state index in [1.807, 2.05) is 29.9 Å². The maximum Gasteiger partial charge on any atom is 0.101 e. The molecule has 4 heteroatoms. The molecule has 2 unspecified atom stereocenters. The minimum Gasteiger partial charge on any atom is -0.386 e. The van der Waals surface area contributed by atoms with Crippen LogP contribution in [-0.2, 0) is 13.1 Å². The second-order valence-corrected chi connectivity index (χ2v) is 4.63. The smallest absolute Gasteiger partial charge is 0.101 e. The van der Waals surface area contributed by atoms with Gasteiger partial charge < -0.3 is 10.4 Å². The SMILES string of the molecule is CCn1cc(C(O)C2NCc3ccccc32)cn1. The lowest BCUT2D eigenvalue weighted by Crippen LogP contribution is -2.20. The molecule has 3 rings (SSSR count). The van der Waals surface area contributed by atoms with Crippen LogP contribution in [0.15, 0.2) is 36.7 Å². The van der Waals surface area contributed by atoms with Crippen LogP contribution in [0, 0.1) is 0 Å². The molecule has 0 radical (unpaired) electrons. The van der Waals surface area contributed by atoms with Crippen molar-refractivity contribution in [2.45, 2.75) is 32.2 Å². The van der Waals surface area contributed by atoms with Crippen LogP contribution < -0.4 is 5.32 Å². The standard InChI is InChI=1S/C14H17N3O/c1-2-17-9-11(8-16-17)14(18)13-12-6-4-3-5-10(12)7-15-13/h3-6,8-9,13-15,18H,2,7H2,1H3. The van der Waals surface area contributed by atoms with Crippen LogP contribution in [0.4, 0.5) is 0 Å². The first kappa shape index (κ1) is 11.4. The Morgan fingerprint density at radius 1 is 1.50 bits per heavy atom. The quantitative estimate of drug-likeness (QED) is 0.864. The first-order valence-corrected chi connectivity index (χ1v) is 6.31. The third-order valence-electron chi connectivity index (χ3n) is 3.54. The van der Waals surface area contributed by atoms with E-state index in [4.69, 9.17) is 0 Å². The van der Waals surface area contributed by atoms with Crippen LogP contribution in [-0.4, -0.2) is 14.9 Å². The third kappa shape index (κ3) is 1.83. The molecule has 1 aliphatic heterocycles. The normalized spacial score (nSPS) is 19.8. The number of benzene rings is 1. The Balaban J connectivity index is 1.88. The Labute approximate surface area is 106 Å². The van der Waals surface area contributed by atoms with Crippen molar-refractivity contribution < 1.29 is 5.11 Å². The number of nitrogens with one attached hydrogen (secondary N) is 1. The Morgan fingerprint density at radius 3 is 3.11 bits per heavy atom. The maximum absolute atomic E-state index is 10.5. The van der Waals surface area contributed by atoms with Crippen molar-refractivity contribution in [2.24, 2.45) is 0 Å². The van der Waals surface area contributed by atoms with Gasteiger partial charge in [0.2, 0.25) is 0 Å². The van der Waals surface area contributed by atoms with Gasteiger partial charge in [-0.15, -0.1) is 0 Å². The van der Waals surface area contributed by atoms with Gasteiger partial charge >= 0.3 is 0 Å². The van der Waals surface area contributed by atoms with Gasteiger partial charge in [0.15, 0.2) is 0 Å². The molecule has 2 heterocycles. The van der Waals surface area contributed by atoms with Crippen molar-refractivity contribution in [2.75, 3.05) is 0 Å². The molecule has 4 nitrogen and oxygen atoms in total. The van der Waals surface area contributed by atoms with Crippen molar-refractivity contribution >= 4 is 0 Å². The van der Waals surface area contributed by atoms with E-state index < -0.39 is 6.10 Å². The van der Waals surface area contributed by atoms with Gasteiger partial charge in [-0.2, -0.15) is 5.10 Å². The summed E-state index contributed by atoms with van der Waals surface area (Å²) >= 11 is 0. The second kappa shape index (κ2) is 4.55. The number of fused-ring (bicyclic) bond motifs is 1. The molecule has 94 valence electrons. The molecule has 1 aliphatic rings. The summed E-state index contributed by atoms with van der Waals surface area (Å²) < 4.78 is 1.83. The predicted molar refractivity (Wildman–Crippen MR) is 68.9 cm³/mol. The highest BCUT2D eigenvalue weighted by Crippen LogP contribution is 2.34. The Morgan fingerprint density at radius 2 is 2.33 bits per heavy atom. The fraction of sp³-hybridized carbons (Fsp3) is 0.357. The van der Waals surface area contributed by atoms with Gasteiger partial charge in [-0.1, -0.05) is 24.3 Å². The highest BCUT2D eigenvalue weighted by molar-refractivity contribution is 5.35. The van der Waals surface area contributed by atoms with E-state index in [-0.39, 0.29) is 6.04 Å². The van der Waals surface area contributed by atoms with Crippen LogP contribution in [0.25, 0.3) is 0 Å². The monoisotopic (exact) mass is 243 g/mol. The Hall–Kier alpha value is -1.65. The number of hydrogen-bond donors (Lipinski definition) is 2. The number of aryl methyl sites for hydroxylation is 1. The fourth-order valence-corrected chi connectivity index (χ4v) is 2.51. The van der Waals surface area contributed by atoms with E-state index >= 15 is 0 Å². The highest BCUT2D eigenvalue weighted by Gasteiger charge is 2.29. The highest BCUT2D eigenvalue weighted by atomic mass is 16.3. The summed E-state index contributed by atoms with van der Waals surface area (Å²) in [6.45, 7) is 3.67. The number of nitrogens with zero attached hydrogens (tertiary/aromatic N) is 2. The van der Waals surface area contributed by atoms with Gasteiger partial charge in [-0.3, -0.25) is 4.68 Å². The van der Waals surface area contributed by atoms with Crippen LogP contribution in [0.3, 0.4) is 0 Å². The third-order valence-corrected chi connectivity index (χ3v) is 3.54. The predicted octanol–water partition coefficient (Wildman–Crippen LogP) is 1.78. The van der Waals surface area contributed by atoms with E-state index in [2.05, 4.69) is 22.5 Å². The van der Waals surface area contributed by atoms with Gasteiger partial charge in [-0.05, 0) is 18.1 Å². The lowest BCUT2D eigenvalue weighted by Gasteiger charge is -2.18. The zero-order valence-electron chi connectivity index (χ0n) is 10.4. The molecule has 2 atom stereocenters. The second-order valence-electron chi connectivity index (χ2n) is 4.63. The molecule has 1 aromatic carbocycles. The van der Waals surface area contributed by atoms with E-state index in [0.29, 0.717) is 0 Å². The van der Waals surface area contributed by atoms with E-state index in [1.165, 1.54) is 11.1 Å². The zero-order chi connectivity index (χ0) is 12.5. The molecule has 0 bridgehead atoms. The van der Waals surface area contributed by atoms with Crippen LogP contribution in [0.1, 0.15) is 35.8 Å². The average Bonchev–Trinajstić information content (AvgIpc) is 3.04. The van der Waals surface area contributed by atoms with Gasteiger partial charge in [-0.25, -0.2) is 0 Å². The molecule has 0 saturated heterocycles. The molecule has 0 saturated carbocycles. The lowest BCUT2D eigenvalue weighted by atomic mass is 9.98. The summed E-state index contributed by atoms with van der Waals surface area (Å²) in [6.07, 6.45) is 3.11. The number of aliphatic hydroxyl groups excluding tert-OH is 1. The molecule has 1 aromatic heterocycles. The number of hydrogen-bond acceptors (Lipinski definition) is 3. The molecule has 0 fully saturated rings. The number of aromatic nitrogens is 2. The van der Waals surface area contributed by atoms with E-state index in [1.54, 1.807) is 6.20 Å². The lowest BCUT2D eigenvalue weighted by molar-refractivity contribution is 0.133. The van der Waals surface area contributed by atoms with Crippen molar-refractivity contribution in [3.05, 3.63) is 53.3 Å². The number of rotatable bonds is 3. The largest absolute Gasteiger partial charge is 0.386 e. The first-order chi connectivity index (χ1) is 8.79.